The van der Waals surface area contributed by atoms with Gasteiger partial charge in [-0.25, -0.2) is 4.79 Å². The lowest BCUT2D eigenvalue weighted by molar-refractivity contribution is -0.140. The number of nitrogens with one attached hydrogen (secondary N) is 1. The van der Waals surface area contributed by atoms with E-state index < -0.39 is 12.1 Å². The van der Waals surface area contributed by atoms with Gasteiger partial charge >= 0.3 is 6.03 Å². The number of hydrogen-bond donors (Lipinski definition) is 1. The summed E-state index contributed by atoms with van der Waals surface area (Å²) in [5.41, 5.74) is 2.05. The minimum absolute atomic E-state index is 0.0224. The van der Waals surface area contributed by atoms with E-state index in [-0.39, 0.29) is 24.3 Å². The molecule has 2 aliphatic rings. The lowest BCUT2D eigenvalue weighted by Crippen LogP contribution is -2.52. The normalized spacial score (nSPS) is 21.2. The van der Waals surface area contributed by atoms with E-state index in [9.17, 15) is 14.4 Å². The molecule has 3 heterocycles. The summed E-state index contributed by atoms with van der Waals surface area (Å²) in [6.07, 6.45) is 0.727. The summed E-state index contributed by atoms with van der Waals surface area (Å²) in [7, 11) is 0. The second-order valence-corrected chi connectivity index (χ2v) is 6.52. The molecule has 0 aromatic carbocycles. The summed E-state index contributed by atoms with van der Waals surface area (Å²) >= 11 is 0. The van der Waals surface area contributed by atoms with Gasteiger partial charge in [-0.2, -0.15) is 5.10 Å². The zero-order chi connectivity index (χ0) is 17.4. The Hall–Kier alpha value is -2.38. The van der Waals surface area contributed by atoms with E-state index in [1.54, 1.807) is 4.90 Å². The summed E-state index contributed by atoms with van der Waals surface area (Å²) in [6, 6.07) is 1.07. The van der Waals surface area contributed by atoms with Crippen molar-refractivity contribution in [1.82, 2.24) is 24.9 Å². The highest BCUT2D eigenvalue weighted by atomic mass is 16.2. The van der Waals surface area contributed by atoms with Crippen molar-refractivity contribution in [2.24, 2.45) is 0 Å². The van der Waals surface area contributed by atoms with Crippen molar-refractivity contribution >= 4 is 17.8 Å². The molecule has 0 spiro atoms. The molecule has 3 rings (SSSR count). The first kappa shape index (κ1) is 16.5. The minimum Gasteiger partial charge on any atom is -0.338 e. The zero-order valence-electron chi connectivity index (χ0n) is 14.3. The molecule has 1 aromatic heterocycles. The van der Waals surface area contributed by atoms with E-state index in [1.807, 2.05) is 31.5 Å². The van der Waals surface area contributed by atoms with Crippen molar-refractivity contribution in [3.8, 4) is 0 Å². The van der Waals surface area contributed by atoms with E-state index in [0.29, 0.717) is 26.1 Å². The third kappa shape index (κ3) is 2.88. The molecule has 0 aliphatic carbocycles. The van der Waals surface area contributed by atoms with Gasteiger partial charge in [0.1, 0.15) is 6.04 Å². The molecule has 130 valence electrons. The van der Waals surface area contributed by atoms with Crippen LogP contribution in [-0.4, -0.2) is 63.1 Å². The number of likely N-dealkylation sites (tertiary alicyclic amines) is 1. The Kier molecular flexibility index (Phi) is 4.29. The first-order valence-corrected chi connectivity index (χ1v) is 8.33. The maximum Gasteiger partial charge on any atom is 0.324 e. The Labute approximate surface area is 140 Å². The average Bonchev–Trinajstić information content (AvgIpc) is 2.92. The smallest absolute Gasteiger partial charge is 0.324 e. The largest absolute Gasteiger partial charge is 0.338 e. The third-order valence-electron chi connectivity index (χ3n) is 4.54. The molecule has 0 unspecified atom stereocenters. The topological polar surface area (TPSA) is 87.5 Å². The van der Waals surface area contributed by atoms with Crippen LogP contribution in [0, 0.1) is 13.8 Å². The maximum atomic E-state index is 12.3. The number of amides is 4. The molecule has 2 saturated heterocycles. The van der Waals surface area contributed by atoms with E-state index in [4.69, 9.17) is 0 Å². The van der Waals surface area contributed by atoms with E-state index in [0.717, 1.165) is 11.4 Å². The van der Waals surface area contributed by atoms with Gasteiger partial charge in [-0.1, -0.05) is 6.92 Å². The summed E-state index contributed by atoms with van der Waals surface area (Å²) in [6.45, 7) is 7.42. The summed E-state index contributed by atoms with van der Waals surface area (Å²) < 4.78 is 1.95. The monoisotopic (exact) mass is 333 g/mol. The van der Waals surface area contributed by atoms with Gasteiger partial charge in [0.25, 0.3) is 5.91 Å². The molecule has 1 N–H and O–H groups in total. The Morgan fingerprint density at radius 1 is 1.33 bits per heavy atom. The third-order valence-corrected chi connectivity index (χ3v) is 4.54. The van der Waals surface area contributed by atoms with Gasteiger partial charge in [-0.15, -0.1) is 0 Å². The highest BCUT2D eigenvalue weighted by Gasteiger charge is 2.41. The number of aromatic nitrogens is 2. The molecular weight excluding hydrogens is 310 g/mol. The second kappa shape index (κ2) is 6.26. The molecule has 1 aromatic rings. The molecule has 2 aliphatic heterocycles. The standard InChI is InChI=1S/C16H23N5O3/c1-4-5-20-15(23)13(17-16(20)24)7-14(22)19-8-12(9-19)21-11(3)6-10(2)18-21/h6,12-13H,4-5,7-9H2,1-3H3,(H,17,24)/t13-/m1/s1. The van der Waals surface area contributed by atoms with Gasteiger partial charge in [0.05, 0.1) is 18.2 Å². The summed E-state index contributed by atoms with van der Waals surface area (Å²) in [5.74, 6) is -0.407. The second-order valence-electron chi connectivity index (χ2n) is 6.52. The fourth-order valence-corrected chi connectivity index (χ4v) is 3.28. The first-order chi connectivity index (χ1) is 11.4. The van der Waals surface area contributed by atoms with Crippen molar-refractivity contribution in [2.75, 3.05) is 19.6 Å². The number of rotatable bonds is 5. The van der Waals surface area contributed by atoms with Crippen LogP contribution < -0.4 is 5.32 Å². The van der Waals surface area contributed by atoms with Gasteiger partial charge in [-0.05, 0) is 26.3 Å². The highest BCUT2D eigenvalue weighted by molar-refractivity contribution is 6.05. The van der Waals surface area contributed by atoms with Crippen LogP contribution in [0.25, 0.3) is 0 Å². The predicted molar refractivity (Wildman–Crippen MR) is 86.3 cm³/mol. The molecule has 8 heteroatoms. The fourth-order valence-electron chi connectivity index (χ4n) is 3.28. The van der Waals surface area contributed by atoms with Gasteiger partial charge in [0.2, 0.25) is 5.91 Å². The molecule has 24 heavy (non-hydrogen) atoms. The number of hydrogen-bond acceptors (Lipinski definition) is 4. The van der Waals surface area contributed by atoms with Crippen LogP contribution in [-0.2, 0) is 9.59 Å². The lowest BCUT2D eigenvalue weighted by atomic mass is 10.1. The summed E-state index contributed by atoms with van der Waals surface area (Å²) in [4.78, 5) is 39.2. The van der Waals surface area contributed by atoms with Crippen LogP contribution in [0.4, 0.5) is 4.79 Å². The van der Waals surface area contributed by atoms with Crippen LogP contribution in [0.15, 0.2) is 6.07 Å². The van der Waals surface area contributed by atoms with Crippen molar-refractivity contribution < 1.29 is 14.4 Å². The number of carbonyl (C=O) groups excluding carboxylic acids is 3. The SMILES string of the molecule is CCCN1C(=O)N[C@H](CC(=O)N2CC(n3nc(C)cc3C)C2)C1=O. The van der Waals surface area contributed by atoms with Gasteiger partial charge in [-0.3, -0.25) is 19.2 Å². The average molecular weight is 333 g/mol. The molecule has 2 fully saturated rings. The summed E-state index contributed by atoms with van der Waals surface area (Å²) in [5, 5.41) is 7.04. The van der Waals surface area contributed by atoms with E-state index >= 15 is 0 Å². The fraction of sp³-hybridized carbons (Fsp3) is 0.625. The number of aryl methyl sites for hydroxylation is 2. The predicted octanol–water partition coefficient (Wildman–Crippen LogP) is 0.604. The molecule has 0 bridgehead atoms. The van der Waals surface area contributed by atoms with Crippen molar-refractivity contribution in [2.45, 2.75) is 45.7 Å². The Balaban J connectivity index is 1.53. The molecule has 4 amide bonds. The molecule has 1 atom stereocenters. The van der Waals surface area contributed by atoms with Crippen LogP contribution in [0.2, 0.25) is 0 Å². The quantitative estimate of drug-likeness (QED) is 0.800. The van der Waals surface area contributed by atoms with Crippen LogP contribution in [0.5, 0.6) is 0 Å². The molecule has 0 radical (unpaired) electrons. The number of imide groups is 1. The van der Waals surface area contributed by atoms with E-state index in [2.05, 4.69) is 10.4 Å². The van der Waals surface area contributed by atoms with Crippen LogP contribution in [0.1, 0.15) is 37.2 Å². The number of urea groups is 1. The number of nitrogens with zero attached hydrogens (tertiary/aromatic N) is 4. The lowest BCUT2D eigenvalue weighted by Gasteiger charge is -2.40. The molecular formula is C16H23N5O3. The van der Waals surface area contributed by atoms with Crippen molar-refractivity contribution in [1.29, 1.82) is 0 Å². The van der Waals surface area contributed by atoms with Gasteiger partial charge < -0.3 is 10.2 Å². The highest BCUT2D eigenvalue weighted by Crippen LogP contribution is 2.24. The first-order valence-electron chi connectivity index (χ1n) is 8.33. The zero-order valence-corrected chi connectivity index (χ0v) is 14.3. The Morgan fingerprint density at radius 3 is 2.62 bits per heavy atom. The number of carbonyl (C=O) groups is 3. The van der Waals surface area contributed by atoms with Crippen LogP contribution in [0.3, 0.4) is 0 Å². The minimum atomic E-state index is -0.732. The van der Waals surface area contributed by atoms with Crippen molar-refractivity contribution in [3.63, 3.8) is 0 Å². The van der Waals surface area contributed by atoms with Crippen LogP contribution >= 0.6 is 0 Å². The van der Waals surface area contributed by atoms with Gasteiger partial charge in [0, 0.05) is 25.3 Å². The van der Waals surface area contributed by atoms with E-state index in [1.165, 1.54) is 4.90 Å². The Morgan fingerprint density at radius 2 is 2.04 bits per heavy atom. The van der Waals surface area contributed by atoms with Crippen molar-refractivity contribution in [3.05, 3.63) is 17.5 Å². The maximum absolute atomic E-state index is 12.3. The molecule has 8 nitrogen and oxygen atoms in total. The van der Waals surface area contributed by atoms with Gasteiger partial charge in [0.15, 0.2) is 0 Å². The Bertz CT molecular complexity index is 677. The molecule has 0 saturated carbocycles.